The molecule has 0 aliphatic heterocycles. The Bertz CT molecular complexity index is 950. The summed E-state index contributed by atoms with van der Waals surface area (Å²) < 4.78 is 0. The van der Waals surface area contributed by atoms with Crippen LogP contribution in [-0.2, 0) is 17.6 Å². The third-order valence-corrected chi connectivity index (χ3v) is 5.16. The fraction of sp³-hybridized carbons (Fsp3) is 0.179. The second-order valence-corrected chi connectivity index (χ2v) is 7.62. The van der Waals surface area contributed by atoms with Gasteiger partial charge in [-0.05, 0) is 48.4 Å². The van der Waals surface area contributed by atoms with Crippen molar-refractivity contribution in [1.82, 2.24) is 0 Å². The van der Waals surface area contributed by atoms with E-state index in [0.29, 0.717) is 6.42 Å². The van der Waals surface area contributed by atoms with Gasteiger partial charge in [-0.3, -0.25) is 4.79 Å². The van der Waals surface area contributed by atoms with Crippen LogP contribution in [-0.4, -0.2) is 5.78 Å². The van der Waals surface area contributed by atoms with Crippen molar-refractivity contribution in [3.63, 3.8) is 0 Å². The van der Waals surface area contributed by atoms with E-state index in [9.17, 15) is 4.79 Å². The van der Waals surface area contributed by atoms with Gasteiger partial charge in [0.05, 0.1) is 0 Å². The van der Waals surface area contributed by atoms with Crippen molar-refractivity contribution in [2.75, 3.05) is 0 Å². The number of rotatable bonds is 9. The minimum Gasteiger partial charge on any atom is -0.295 e. The van der Waals surface area contributed by atoms with Gasteiger partial charge < -0.3 is 0 Å². The summed E-state index contributed by atoms with van der Waals surface area (Å²) in [4.78, 5) is 12.7. The van der Waals surface area contributed by atoms with Gasteiger partial charge in [0.25, 0.3) is 0 Å². The number of hydrogen-bond donors (Lipinski definition) is 0. The fourth-order valence-corrected chi connectivity index (χ4v) is 3.44. The minimum atomic E-state index is 0.117. The first-order chi connectivity index (χ1) is 14.1. The van der Waals surface area contributed by atoms with Crippen molar-refractivity contribution >= 4 is 11.9 Å². The summed E-state index contributed by atoms with van der Waals surface area (Å²) in [5, 5.41) is 0. The Hall–Kier alpha value is -3.19. The third kappa shape index (κ3) is 6.73. The molecule has 0 aliphatic rings. The fourth-order valence-electron chi connectivity index (χ4n) is 3.44. The quantitative estimate of drug-likeness (QED) is 0.301. The lowest BCUT2D eigenvalue weighted by atomic mass is 9.85. The summed E-state index contributed by atoms with van der Waals surface area (Å²) in [7, 11) is 0. The van der Waals surface area contributed by atoms with E-state index in [2.05, 4.69) is 49.9 Å². The van der Waals surface area contributed by atoms with Crippen molar-refractivity contribution < 1.29 is 4.79 Å². The smallest absolute Gasteiger partial charge is 0.156 e. The standard InChI is InChI=1S/C28H28O/c1-22-13-15-26(16-14-22)20-27(23(2)19-25-11-7-4-8-12-25)21-28(29)18-17-24-9-5-3-6-10-24/h3-18,27H,2,19-21H2,1H3/b18-17+/t27-/m1/s1. The SMILES string of the molecule is C=C(Cc1ccccc1)[C@@H](CC(=O)/C=C/c1ccccc1)Cc1ccc(C)cc1. The van der Waals surface area contributed by atoms with E-state index in [1.165, 1.54) is 16.7 Å². The lowest BCUT2D eigenvalue weighted by molar-refractivity contribution is -0.115. The van der Waals surface area contributed by atoms with Crippen molar-refractivity contribution in [3.8, 4) is 0 Å². The Labute approximate surface area is 174 Å². The van der Waals surface area contributed by atoms with E-state index >= 15 is 0 Å². The van der Waals surface area contributed by atoms with Gasteiger partial charge in [-0.1, -0.05) is 109 Å². The molecule has 0 N–H and O–H groups in total. The van der Waals surface area contributed by atoms with Gasteiger partial charge in [0.2, 0.25) is 0 Å². The molecule has 0 heterocycles. The Balaban J connectivity index is 1.72. The number of allylic oxidation sites excluding steroid dienone is 2. The molecule has 0 amide bonds. The zero-order chi connectivity index (χ0) is 20.5. The molecule has 0 unspecified atom stereocenters. The molecule has 0 aliphatic carbocycles. The Morgan fingerprint density at radius 1 is 0.862 bits per heavy atom. The maximum Gasteiger partial charge on any atom is 0.156 e. The van der Waals surface area contributed by atoms with Crippen molar-refractivity contribution in [2.24, 2.45) is 5.92 Å². The lowest BCUT2D eigenvalue weighted by Gasteiger charge is -2.19. The summed E-state index contributed by atoms with van der Waals surface area (Å²) in [6, 6.07) is 28.9. The molecular weight excluding hydrogens is 352 g/mol. The Morgan fingerprint density at radius 2 is 1.48 bits per heavy atom. The number of aryl methyl sites for hydroxylation is 1. The number of carbonyl (C=O) groups is 1. The van der Waals surface area contributed by atoms with Crippen LogP contribution in [0.5, 0.6) is 0 Å². The van der Waals surface area contributed by atoms with Crippen LogP contribution in [0.2, 0.25) is 0 Å². The van der Waals surface area contributed by atoms with E-state index in [4.69, 9.17) is 0 Å². The maximum atomic E-state index is 12.7. The largest absolute Gasteiger partial charge is 0.295 e. The molecule has 0 saturated carbocycles. The summed E-state index contributed by atoms with van der Waals surface area (Å²) >= 11 is 0. The minimum absolute atomic E-state index is 0.117. The summed E-state index contributed by atoms with van der Waals surface area (Å²) in [5.74, 6) is 0.256. The van der Waals surface area contributed by atoms with Gasteiger partial charge in [0.15, 0.2) is 5.78 Å². The molecule has 0 radical (unpaired) electrons. The molecule has 146 valence electrons. The van der Waals surface area contributed by atoms with Gasteiger partial charge in [-0.25, -0.2) is 0 Å². The van der Waals surface area contributed by atoms with E-state index < -0.39 is 0 Å². The van der Waals surface area contributed by atoms with Gasteiger partial charge in [-0.2, -0.15) is 0 Å². The van der Waals surface area contributed by atoms with Crippen LogP contribution in [0.15, 0.2) is 103 Å². The van der Waals surface area contributed by atoms with Gasteiger partial charge >= 0.3 is 0 Å². The molecule has 3 aromatic carbocycles. The predicted molar refractivity (Wildman–Crippen MR) is 123 cm³/mol. The Morgan fingerprint density at radius 3 is 2.14 bits per heavy atom. The molecule has 3 aromatic rings. The normalized spacial score (nSPS) is 12.0. The second kappa shape index (κ2) is 10.4. The van der Waals surface area contributed by atoms with E-state index in [1.54, 1.807) is 6.08 Å². The van der Waals surface area contributed by atoms with Crippen LogP contribution in [0.3, 0.4) is 0 Å². The summed E-state index contributed by atoms with van der Waals surface area (Å²) in [5.41, 5.74) is 5.88. The molecule has 1 nitrogen and oxygen atoms in total. The summed E-state index contributed by atoms with van der Waals surface area (Å²) in [6.07, 6.45) is 5.70. The number of benzene rings is 3. The third-order valence-electron chi connectivity index (χ3n) is 5.16. The van der Waals surface area contributed by atoms with Gasteiger partial charge in [-0.15, -0.1) is 0 Å². The lowest BCUT2D eigenvalue weighted by Crippen LogP contribution is -2.14. The number of hydrogen-bond acceptors (Lipinski definition) is 1. The van der Waals surface area contributed by atoms with Crippen LogP contribution in [0.25, 0.3) is 6.08 Å². The van der Waals surface area contributed by atoms with Crippen LogP contribution >= 0.6 is 0 Å². The van der Waals surface area contributed by atoms with E-state index in [0.717, 1.165) is 24.0 Å². The maximum absolute atomic E-state index is 12.7. The molecule has 29 heavy (non-hydrogen) atoms. The first-order valence-corrected chi connectivity index (χ1v) is 10.1. The molecule has 0 bridgehead atoms. The van der Waals surface area contributed by atoms with Crippen molar-refractivity contribution in [3.05, 3.63) is 125 Å². The zero-order valence-corrected chi connectivity index (χ0v) is 17.1. The number of carbonyl (C=O) groups excluding carboxylic acids is 1. The van der Waals surface area contributed by atoms with Crippen LogP contribution < -0.4 is 0 Å². The van der Waals surface area contributed by atoms with Gasteiger partial charge in [0, 0.05) is 6.42 Å². The zero-order valence-electron chi connectivity index (χ0n) is 17.1. The average Bonchev–Trinajstić information content (AvgIpc) is 2.75. The van der Waals surface area contributed by atoms with Crippen LogP contribution in [0.4, 0.5) is 0 Å². The second-order valence-electron chi connectivity index (χ2n) is 7.62. The molecular formula is C28H28O. The first kappa shape index (κ1) is 20.5. The summed E-state index contributed by atoms with van der Waals surface area (Å²) in [6.45, 7) is 6.45. The van der Waals surface area contributed by atoms with E-state index in [1.807, 2.05) is 54.6 Å². The highest BCUT2D eigenvalue weighted by atomic mass is 16.1. The molecule has 1 atom stereocenters. The molecule has 3 rings (SSSR count). The highest BCUT2D eigenvalue weighted by Crippen LogP contribution is 2.24. The molecule has 0 saturated heterocycles. The molecule has 1 heteroatoms. The molecule has 0 aromatic heterocycles. The van der Waals surface area contributed by atoms with Gasteiger partial charge in [0.1, 0.15) is 0 Å². The molecule has 0 fully saturated rings. The van der Waals surface area contributed by atoms with Crippen LogP contribution in [0.1, 0.15) is 28.7 Å². The molecule has 0 spiro atoms. The topological polar surface area (TPSA) is 17.1 Å². The highest BCUT2D eigenvalue weighted by molar-refractivity contribution is 5.93. The number of ketones is 1. The van der Waals surface area contributed by atoms with Crippen LogP contribution in [0, 0.1) is 12.8 Å². The monoisotopic (exact) mass is 380 g/mol. The Kier molecular flexibility index (Phi) is 7.35. The van der Waals surface area contributed by atoms with Crippen molar-refractivity contribution in [1.29, 1.82) is 0 Å². The predicted octanol–water partition coefficient (Wildman–Crippen LogP) is 6.63. The van der Waals surface area contributed by atoms with E-state index in [-0.39, 0.29) is 11.7 Å². The average molecular weight is 381 g/mol. The highest BCUT2D eigenvalue weighted by Gasteiger charge is 2.17. The first-order valence-electron chi connectivity index (χ1n) is 10.1. The van der Waals surface area contributed by atoms with Crippen molar-refractivity contribution in [2.45, 2.75) is 26.2 Å².